The predicted molar refractivity (Wildman–Crippen MR) is 68.4 cm³/mol. The molecule has 1 aromatic carbocycles. The second-order valence-corrected chi connectivity index (χ2v) is 4.91. The van der Waals surface area contributed by atoms with Crippen molar-refractivity contribution < 1.29 is 9.59 Å². The van der Waals surface area contributed by atoms with Crippen LogP contribution in [0.4, 0.5) is 0 Å². The highest BCUT2D eigenvalue weighted by Crippen LogP contribution is 2.26. The van der Waals surface area contributed by atoms with Gasteiger partial charge in [-0.25, -0.2) is 0 Å². The van der Waals surface area contributed by atoms with Gasteiger partial charge in [-0.15, -0.1) is 0 Å². The minimum absolute atomic E-state index is 0.220. The minimum Gasteiger partial charge on any atom is -0.270 e. The summed E-state index contributed by atoms with van der Waals surface area (Å²) in [6.07, 6.45) is 0. The van der Waals surface area contributed by atoms with E-state index >= 15 is 0 Å². The quantitative estimate of drug-likeness (QED) is 0.786. The van der Waals surface area contributed by atoms with Gasteiger partial charge >= 0.3 is 0 Å². The smallest absolute Gasteiger partial charge is 0.268 e. The Hall–Kier alpha value is -1.42. The van der Waals surface area contributed by atoms with E-state index in [0.717, 1.165) is 11.1 Å². The van der Waals surface area contributed by atoms with Crippen LogP contribution in [0.15, 0.2) is 34.3 Å². The molecule has 0 radical (unpaired) electrons. The molecule has 0 bridgehead atoms. The van der Waals surface area contributed by atoms with Gasteiger partial charge in [0.1, 0.15) is 0 Å². The Morgan fingerprint density at radius 1 is 1.06 bits per heavy atom. The molecule has 1 aliphatic heterocycles. The summed E-state index contributed by atoms with van der Waals surface area (Å²) >= 11 is 3.14. The zero-order valence-corrected chi connectivity index (χ0v) is 11.2. The first-order chi connectivity index (χ1) is 8.00. The Morgan fingerprint density at radius 3 is 2.12 bits per heavy atom. The molecule has 0 atom stereocenters. The Morgan fingerprint density at radius 2 is 1.65 bits per heavy atom. The van der Waals surface area contributed by atoms with E-state index in [1.165, 1.54) is 4.90 Å². The number of hydrogen-bond donors (Lipinski definition) is 0. The van der Waals surface area contributed by atoms with Gasteiger partial charge in [0.25, 0.3) is 11.8 Å². The van der Waals surface area contributed by atoms with Gasteiger partial charge in [-0.3, -0.25) is 14.5 Å². The van der Waals surface area contributed by atoms with Crippen LogP contribution >= 0.6 is 15.9 Å². The third kappa shape index (κ3) is 2.17. The van der Waals surface area contributed by atoms with Gasteiger partial charge in [-0.1, -0.05) is 29.8 Å². The summed E-state index contributed by atoms with van der Waals surface area (Å²) in [7, 11) is 0. The molecule has 1 aromatic rings. The molecule has 2 amide bonds. The van der Waals surface area contributed by atoms with Gasteiger partial charge in [-0.2, -0.15) is 0 Å². The van der Waals surface area contributed by atoms with E-state index in [-0.39, 0.29) is 11.8 Å². The lowest BCUT2D eigenvalue weighted by atomic mass is 10.1. The molecule has 1 heterocycles. The van der Waals surface area contributed by atoms with E-state index in [2.05, 4.69) is 15.9 Å². The first kappa shape index (κ1) is 12.0. The average molecular weight is 294 g/mol. The molecule has 0 aromatic heterocycles. The van der Waals surface area contributed by atoms with Crippen LogP contribution < -0.4 is 0 Å². The lowest BCUT2D eigenvalue weighted by molar-refractivity contribution is -0.137. The molecular formula is C13H12BrNO2. The van der Waals surface area contributed by atoms with Gasteiger partial charge in [0, 0.05) is 5.57 Å². The number of carbonyl (C=O) groups is 2. The van der Waals surface area contributed by atoms with Crippen LogP contribution in [0.25, 0.3) is 0 Å². The van der Waals surface area contributed by atoms with Crippen molar-refractivity contribution in [1.29, 1.82) is 0 Å². The highest BCUT2D eigenvalue weighted by molar-refractivity contribution is 9.12. The number of carbonyl (C=O) groups excluding carboxylic acids is 2. The number of aryl methyl sites for hydroxylation is 1. The number of amides is 2. The molecule has 0 saturated heterocycles. The van der Waals surface area contributed by atoms with Crippen LogP contribution in [-0.2, 0) is 16.1 Å². The maximum atomic E-state index is 11.8. The Balaban J connectivity index is 2.19. The molecule has 0 fully saturated rings. The molecular weight excluding hydrogens is 282 g/mol. The van der Waals surface area contributed by atoms with E-state index in [0.29, 0.717) is 16.6 Å². The maximum absolute atomic E-state index is 11.8. The summed E-state index contributed by atoms with van der Waals surface area (Å²) in [5.74, 6) is -0.476. The van der Waals surface area contributed by atoms with E-state index in [1.54, 1.807) is 6.92 Å². The van der Waals surface area contributed by atoms with Gasteiger partial charge < -0.3 is 0 Å². The van der Waals surface area contributed by atoms with Crippen molar-refractivity contribution in [3.05, 3.63) is 45.4 Å². The fourth-order valence-corrected chi connectivity index (χ4v) is 2.07. The van der Waals surface area contributed by atoms with Crippen LogP contribution in [0.5, 0.6) is 0 Å². The van der Waals surface area contributed by atoms with Crippen molar-refractivity contribution in [3.8, 4) is 0 Å². The molecule has 3 nitrogen and oxygen atoms in total. The zero-order valence-electron chi connectivity index (χ0n) is 9.66. The summed E-state index contributed by atoms with van der Waals surface area (Å²) < 4.78 is 0.370. The summed E-state index contributed by atoms with van der Waals surface area (Å²) in [4.78, 5) is 24.9. The second kappa shape index (κ2) is 4.45. The summed E-state index contributed by atoms with van der Waals surface area (Å²) in [6, 6.07) is 7.79. The number of hydrogen-bond acceptors (Lipinski definition) is 2. The van der Waals surface area contributed by atoms with Crippen LogP contribution in [0.1, 0.15) is 18.1 Å². The third-order valence-electron chi connectivity index (χ3n) is 2.79. The normalized spacial score (nSPS) is 16.1. The lowest BCUT2D eigenvalue weighted by Crippen LogP contribution is -2.30. The van der Waals surface area contributed by atoms with Crippen molar-refractivity contribution in [2.45, 2.75) is 20.4 Å². The van der Waals surface area contributed by atoms with Gasteiger partial charge in [0.15, 0.2) is 0 Å². The first-order valence-corrected chi connectivity index (χ1v) is 6.08. The summed E-state index contributed by atoms with van der Waals surface area (Å²) in [6.45, 7) is 3.97. The van der Waals surface area contributed by atoms with Crippen molar-refractivity contribution in [2.24, 2.45) is 0 Å². The van der Waals surface area contributed by atoms with Gasteiger partial charge in [0.05, 0.1) is 11.0 Å². The summed E-state index contributed by atoms with van der Waals surface area (Å²) in [5, 5.41) is 0. The van der Waals surface area contributed by atoms with Gasteiger partial charge in [-0.05, 0) is 35.3 Å². The van der Waals surface area contributed by atoms with Crippen molar-refractivity contribution >= 4 is 27.7 Å². The molecule has 0 saturated carbocycles. The van der Waals surface area contributed by atoms with E-state index in [1.807, 2.05) is 31.2 Å². The second-order valence-electron chi connectivity index (χ2n) is 4.12. The summed E-state index contributed by atoms with van der Waals surface area (Å²) in [5.41, 5.74) is 2.58. The molecule has 0 unspecified atom stereocenters. The fourth-order valence-electron chi connectivity index (χ4n) is 1.69. The standard InChI is InChI=1S/C13H12BrNO2/c1-8-3-5-10(6-4-8)7-15-12(16)9(2)11(14)13(15)17/h3-6H,7H2,1-2H3. The molecule has 1 aliphatic rings. The highest BCUT2D eigenvalue weighted by Gasteiger charge is 2.34. The van der Waals surface area contributed by atoms with Crippen molar-refractivity contribution in [3.63, 3.8) is 0 Å². The topological polar surface area (TPSA) is 37.4 Å². The average Bonchev–Trinajstić information content (AvgIpc) is 2.50. The number of benzene rings is 1. The third-order valence-corrected chi connectivity index (χ3v) is 3.72. The predicted octanol–water partition coefficient (Wildman–Crippen LogP) is 2.53. The SMILES string of the molecule is CC1=C(Br)C(=O)N(Cc2ccc(C)cc2)C1=O. The fraction of sp³-hybridized carbons (Fsp3) is 0.231. The van der Waals surface area contributed by atoms with E-state index in [4.69, 9.17) is 0 Å². The first-order valence-electron chi connectivity index (χ1n) is 5.29. The zero-order chi connectivity index (χ0) is 12.6. The Kier molecular flexibility index (Phi) is 3.15. The van der Waals surface area contributed by atoms with Crippen molar-refractivity contribution in [2.75, 3.05) is 0 Å². The number of halogens is 1. The minimum atomic E-state index is -0.256. The monoisotopic (exact) mass is 293 g/mol. The number of nitrogens with zero attached hydrogens (tertiary/aromatic N) is 1. The van der Waals surface area contributed by atoms with Crippen molar-refractivity contribution in [1.82, 2.24) is 4.90 Å². The highest BCUT2D eigenvalue weighted by atomic mass is 79.9. The molecule has 2 rings (SSSR count). The Bertz CT molecular complexity index is 493. The molecule has 88 valence electrons. The van der Waals surface area contributed by atoms with Gasteiger partial charge in [0.2, 0.25) is 0 Å². The molecule has 0 N–H and O–H groups in total. The number of rotatable bonds is 2. The van der Waals surface area contributed by atoms with E-state index < -0.39 is 0 Å². The lowest BCUT2D eigenvalue weighted by Gasteiger charge is -2.14. The Labute approximate surface area is 108 Å². The van der Waals surface area contributed by atoms with Crippen LogP contribution in [0.3, 0.4) is 0 Å². The maximum Gasteiger partial charge on any atom is 0.268 e. The largest absolute Gasteiger partial charge is 0.270 e. The molecule has 0 spiro atoms. The van der Waals surface area contributed by atoms with E-state index in [9.17, 15) is 9.59 Å². The molecule has 0 aliphatic carbocycles. The van der Waals surface area contributed by atoms with Crippen LogP contribution in [-0.4, -0.2) is 16.7 Å². The molecule has 4 heteroatoms. The van der Waals surface area contributed by atoms with Crippen LogP contribution in [0.2, 0.25) is 0 Å². The molecule has 17 heavy (non-hydrogen) atoms. The van der Waals surface area contributed by atoms with Crippen LogP contribution in [0, 0.1) is 6.92 Å². The number of imide groups is 1.